The van der Waals surface area contributed by atoms with Crippen LogP contribution in [0.25, 0.3) is 6.08 Å². The van der Waals surface area contributed by atoms with Crippen LogP contribution in [-0.4, -0.2) is 32.2 Å². The summed E-state index contributed by atoms with van der Waals surface area (Å²) in [5, 5.41) is 16.3. The minimum absolute atomic E-state index is 0.256. The number of H-pyrrole nitrogens is 1. The van der Waals surface area contributed by atoms with E-state index in [1.165, 1.54) is 12.8 Å². The van der Waals surface area contributed by atoms with Crippen molar-refractivity contribution in [1.82, 2.24) is 15.2 Å². The van der Waals surface area contributed by atoms with Gasteiger partial charge in [-0.1, -0.05) is 25.0 Å². The molecule has 0 bridgehead atoms. The molecule has 1 fully saturated rings. The van der Waals surface area contributed by atoms with Gasteiger partial charge in [0.1, 0.15) is 17.4 Å². The van der Waals surface area contributed by atoms with Gasteiger partial charge in [0, 0.05) is 6.42 Å². The van der Waals surface area contributed by atoms with Gasteiger partial charge in [-0.15, -0.1) is 0 Å². The predicted octanol–water partition coefficient (Wildman–Crippen LogP) is 2.41. The van der Waals surface area contributed by atoms with Gasteiger partial charge in [-0.05, 0) is 42.7 Å². The third-order valence-electron chi connectivity index (χ3n) is 3.92. The first kappa shape index (κ1) is 15.3. The number of nitrogens with one attached hydrogen (secondary N) is 1. The Hall–Kier alpha value is -2.63. The lowest BCUT2D eigenvalue weighted by molar-refractivity contribution is 0.475. The van der Waals surface area contributed by atoms with Crippen molar-refractivity contribution in [1.29, 1.82) is 0 Å². The fraction of sp³-hybridized carbons (Fsp3) is 0.353. The SMILES string of the molecule is NC(/C=C\c1n[nH]c(Cc2ccc(O)cc2)n1)=NC1CCCC1. The number of aliphatic imine (C=N–C) groups is 1. The molecule has 2 aromatic rings. The molecule has 1 aliphatic rings. The summed E-state index contributed by atoms with van der Waals surface area (Å²) in [6.07, 6.45) is 8.90. The summed E-state index contributed by atoms with van der Waals surface area (Å²) in [6.45, 7) is 0. The van der Waals surface area contributed by atoms with E-state index in [9.17, 15) is 5.11 Å². The summed E-state index contributed by atoms with van der Waals surface area (Å²) in [6, 6.07) is 7.41. The summed E-state index contributed by atoms with van der Waals surface area (Å²) in [4.78, 5) is 8.90. The van der Waals surface area contributed by atoms with Crippen LogP contribution >= 0.6 is 0 Å². The van der Waals surface area contributed by atoms with Gasteiger partial charge in [0.05, 0.1) is 6.04 Å². The van der Waals surface area contributed by atoms with Gasteiger partial charge in [-0.25, -0.2) is 4.98 Å². The third kappa shape index (κ3) is 4.42. The molecule has 0 amide bonds. The monoisotopic (exact) mass is 311 g/mol. The van der Waals surface area contributed by atoms with Gasteiger partial charge in [-0.2, -0.15) is 5.10 Å². The maximum Gasteiger partial charge on any atom is 0.174 e. The first-order valence-electron chi connectivity index (χ1n) is 7.89. The number of hydrogen-bond acceptors (Lipinski definition) is 4. The number of nitrogens with zero attached hydrogens (tertiary/aromatic N) is 3. The predicted molar refractivity (Wildman–Crippen MR) is 90.2 cm³/mol. The topological polar surface area (TPSA) is 100 Å². The number of rotatable bonds is 5. The number of aromatic hydroxyl groups is 1. The minimum Gasteiger partial charge on any atom is -0.508 e. The minimum atomic E-state index is 0.256. The third-order valence-corrected chi connectivity index (χ3v) is 3.92. The molecule has 0 aliphatic heterocycles. The Morgan fingerprint density at radius 3 is 2.78 bits per heavy atom. The lowest BCUT2D eigenvalue weighted by atomic mass is 10.1. The second-order valence-corrected chi connectivity index (χ2v) is 5.81. The van der Waals surface area contributed by atoms with Gasteiger partial charge in [0.25, 0.3) is 0 Å². The maximum atomic E-state index is 9.28. The van der Waals surface area contributed by atoms with Crippen LogP contribution in [0.3, 0.4) is 0 Å². The molecule has 0 radical (unpaired) electrons. The second kappa shape index (κ2) is 7.09. The first-order valence-corrected chi connectivity index (χ1v) is 7.89. The molecule has 1 heterocycles. The van der Waals surface area contributed by atoms with Gasteiger partial charge in [-0.3, -0.25) is 10.1 Å². The normalized spacial score (nSPS) is 16.4. The molecule has 4 N–H and O–H groups in total. The number of benzene rings is 1. The van der Waals surface area contributed by atoms with Crippen LogP contribution in [-0.2, 0) is 6.42 Å². The van der Waals surface area contributed by atoms with Crippen LogP contribution in [0.15, 0.2) is 35.3 Å². The van der Waals surface area contributed by atoms with E-state index in [2.05, 4.69) is 20.2 Å². The van der Waals surface area contributed by atoms with Crippen molar-refractivity contribution in [3.63, 3.8) is 0 Å². The maximum absolute atomic E-state index is 9.28. The van der Waals surface area contributed by atoms with Crippen LogP contribution in [0, 0.1) is 0 Å². The second-order valence-electron chi connectivity index (χ2n) is 5.81. The van der Waals surface area contributed by atoms with Crippen molar-refractivity contribution >= 4 is 11.9 Å². The van der Waals surface area contributed by atoms with Crippen molar-refractivity contribution in [2.75, 3.05) is 0 Å². The first-order chi connectivity index (χ1) is 11.2. The molecule has 0 atom stereocenters. The van der Waals surface area contributed by atoms with Crippen LogP contribution < -0.4 is 5.73 Å². The van der Waals surface area contributed by atoms with E-state index in [1.54, 1.807) is 24.3 Å². The fourth-order valence-corrected chi connectivity index (χ4v) is 2.72. The van der Waals surface area contributed by atoms with E-state index in [4.69, 9.17) is 5.73 Å². The Labute approximate surface area is 135 Å². The Bertz CT molecular complexity index is 696. The highest BCUT2D eigenvalue weighted by Gasteiger charge is 2.13. The molecule has 1 aromatic heterocycles. The molecule has 23 heavy (non-hydrogen) atoms. The van der Waals surface area contributed by atoms with Gasteiger partial charge in [0.2, 0.25) is 0 Å². The summed E-state index contributed by atoms with van der Waals surface area (Å²) in [5.41, 5.74) is 6.97. The Kier molecular flexibility index (Phi) is 4.71. The van der Waals surface area contributed by atoms with Crippen molar-refractivity contribution in [2.24, 2.45) is 10.7 Å². The van der Waals surface area contributed by atoms with E-state index in [0.29, 0.717) is 24.1 Å². The molecular formula is C17H21N5O. The standard InChI is InChI=1S/C17H21N5O/c18-15(19-13-3-1-2-4-13)9-10-16-20-17(22-21-16)11-12-5-7-14(23)8-6-12/h5-10,13,23H,1-4,11H2,(H2,18,19)(H,20,21,22)/b10-9-. The molecule has 120 valence electrons. The number of aromatic amines is 1. The van der Waals surface area contributed by atoms with Gasteiger partial charge in [0.15, 0.2) is 5.82 Å². The molecular weight excluding hydrogens is 290 g/mol. The zero-order valence-corrected chi connectivity index (χ0v) is 12.9. The molecule has 3 rings (SSSR count). The van der Waals surface area contributed by atoms with E-state index in [-0.39, 0.29) is 5.75 Å². The molecule has 1 aromatic carbocycles. The lowest BCUT2D eigenvalue weighted by Crippen LogP contribution is -2.12. The number of nitrogens with two attached hydrogens (primary N) is 1. The van der Waals surface area contributed by atoms with Gasteiger partial charge < -0.3 is 10.8 Å². The van der Waals surface area contributed by atoms with E-state index in [0.717, 1.165) is 24.2 Å². The fourth-order valence-electron chi connectivity index (χ4n) is 2.72. The molecule has 0 spiro atoms. The molecule has 1 saturated carbocycles. The van der Waals surface area contributed by atoms with Crippen molar-refractivity contribution in [3.8, 4) is 5.75 Å². The van der Waals surface area contributed by atoms with Crippen molar-refractivity contribution in [2.45, 2.75) is 38.1 Å². The number of amidine groups is 1. The zero-order chi connectivity index (χ0) is 16.1. The molecule has 1 aliphatic carbocycles. The van der Waals surface area contributed by atoms with Gasteiger partial charge >= 0.3 is 0 Å². The Morgan fingerprint density at radius 1 is 1.30 bits per heavy atom. The van der Waals surface area contributed by atoms with Crippen molar-refractivity contribution < 1.29 is 5.11 Å². The highest BCUT2D eigenvalue weighted by Crippen LogP contribution is 2.20. The molecule has 0 saturated heterocycles. The van der Waals surface area contributed by atoms with E-state index < -0.39 is 0 Å². The van der Waals surface area contributed by atoms with E-state index >= 15 is 0 Å². The molecule has 6 nitrogen and oxygen atoms in total. The summed E-state index contributed by atoms with van der Waals surface area (Å²) >= 11 is 0. The molecule has 6 heteroatoms. The molecule has 0 unspecified atom stereocenters. The summed E-state index contributed by atoms with van der Waals surface area (Å²) in [7, 11) is 0. The average Bonchev–Trinajstić information content (AvgIpc) is 3.19. The highest BCUT2D eigenvalue weighted by molar-refractivity contribution is 5.94. The van der Waals surface area contributed by atoms with Crippen LogP contribution in [0.4, 0.5) is 0 Å². The number of hydrogen-bond donors (Lipinski definition) is 3. The number of phenols is 1. The lowest BCUT2D eigenvalue weighted by Gasteiger charge is -2.01. The smallest absolute Gasteiger partial charge is 0.174 e. The van der Waals surface area contributed by atoms with Crippen LogP contribution in [0.1, 0.15) is 42.9 Å². The average molecular weight is 311 g/mol. The number of phenolic OH excluding ortho intramolecular Hbond substituents is 1. The summed E-state index contributed by atoms with van der Waals surface area (Å²) < 4.78 is 0. The quantitative estimate of drug-likeness (QED) is 0.583. The highest BCUT2D eigenvalue weighted by atomic mass is 16.3. The zero-order valence-electron chi connectivity index (χ0n) is 12.9. The van der Waals surface area contributed by atoms with Crippen molar-refractivity contribution in [3.05, 3.63) is 47.6 Å². The van der Waals surface area contributed by atoms with E-state index in [1.807, 2.05) is 12.1 Å². The van der Waals surface area contributed by atoms with Crippen LogP contribution in [0.2, 0.25) is 0 Å². The Balaban J connectivity index is 1.60. The van der Waals surface area contributed by atoms with Crippen LogP contribution in [0.5, 0.6) is 5.75 Å². The Morgan fingerprint density at radius 2 is 2.04 bits per heavy atom. The summed E-state index contributed by atoms with van der Waals surface area (Å²) in [5.74, 6) is 2.14. The number of aromatic nitrogens is 3. The largest absolute Gasteiger partial charge is 0.508 e.